The molecule has 1 heterocycles. The highest BCUT2D eigenvalue weighted by molar-refractivity contribution is 5.47. The molecule has 0 radical (unpaired) electrons. The van der Waals surface area contributed by atoms with E-state index in [1.165, 1.54) is 11.3 Å². The van der Waals surface area contributed by atoms with E-state index in [1.807, 2.05) is 18.3 Å². The Morgan fingerprint density at radius 1 is 1.05 bits per heavy atom. The van der Waals surface area contributed by atoms with Crippen molar-refractivity contribution in [3.8, 4) is 0 Å². The summed E-state index contributed by atoms with van der Waals surface area (Å²) < 4.78 is 0. The number of rotatable bonds is 7. The predicted octanol–water partition coefficient (Wildman–Crippen LogP) is 3.22. The molecule has 0 saturated heterocycles. The molecule has 0 aliphatic rings. The number of hydrogen-bond donors (Lipinski definition) is 1. The van der Waals surface area contributed by atoms with Crippen molar-refractivity contribution in [2.75, 3.05) is 18.0 Å². The summed E-state index contributed by atoms with van der Waals surface area (Å²) in [5.74, 6) is 0. The van der Waals surface area contributed by atoms with Gasteiger partial charge in [0, 0.05) is 25.0 Å². The van der Waals surface area contributed by atoms with E-state index in [2.05, 4.69) is 59.4 Å². The Labute approximate surface area is 121 Å². The number of aromatic nitrogens is 1. The molecular weight excluding hydrogens is 246 g/mol. The first-order valence-electron chi connectivity index (χ1n) is 7.28. The highest BCUT2D eigenvalue weighted by Crippen LogP contribution is 2.17. The molecule has 1 N–H and O–H groups in total. The summed E-state index contributed by atoms with van der Waals surface area (Å²) in [6.07, 6.45) is 1.85. The fourth-order valence-corrected chi connectivity index (χ4v) is 2.17. The summed E-state index contributed by atoms with van der Waals surface area (Å²) in [7, 11) is 0. The van der Waals surface area contributed by atoms with Crippen molar-refractivity contribution in [3.63, 3.8) is 0 Å². The molecule has 20 heavy (non-hydrogen) atoms. The second-order valence-corrected chi connectivity index (χ2v) is 4.78. The number of nitrogens with one attached hydrogen (secondary N) is 1. The molecule has 0 amide bonds. The second-order valence-electron chi connectivity index (χ2n) is 4.78. The number of nitrogens with zero attached hydrogens (tertiary/aromatic N) is 2. The van der Waals surface area contributed by atoms with Crippen molar-refractivity contribution < 1.29 is 0 Å². The van der Waals surface area contributed by atoms with Crippen LogP contribution in [0.1, 0.15) is 25.1 Å². The number of benzene rings is 1. The van der Waals surface area contributed by atoms with Gasteiger partial charge in [0.15, 0.2) is 0 Å². The van der Waals surface area contributed by atoms with E-state index >= 15 is 0 Å². The minimum absolute atomic E-state index is 0.851. The molecule has 0 atom stereocenters. The van der Waals surface area contributed by atoms with Crippen LogP contribution in [-0.2, 0) is 13.1 Å². The Bertz CT molecular complexity index is 493. The molecule has 2 aromatic rings. The third-order valence-corrected chi connectivity index (χ3v) is 3.34. The fraction of sp³-hybridized carbons (Fsp3) is 0.353. The van der Waals surface area contributed by atoms with E-state index in [-0.39, 0.29) is 0 Å². The van der Waals surface area contributed by atoms with Crippen molar-refractivity contribution in [1.29, 1.82) is 0 Å². The normalized spacial score (nSPS) is 10.5. The summed E-state index contributed by atoms with van der Waals surface area (Å²) >= 11 is 0. The third kappa shape index (κ3) is 4.07. The molecule has 2 rings (SSSR count). The van der Waals surface area contributed by atoms with Gasteiger partial charge in [0.1, 0.15) is 0 Å². The first-order valence-corrected chi connectivity index (χ1v) is 7.28. The lowest BCUT2D eigenvalue weighted by atomic mass is 10.2. The Morgan fingerprint density at radius 2 is 1.85 bits per heavy atom. The summed E-state index contributed by atoms with van der Waals surface area (Å²) in [5.41, 5.74) is 3.67. The van der Waals surface area contributed by atoms with Gasteiger partial charge in [0.2, 0.25) is 0 Å². The molecule has 0 aliphatic heterocycles. The number of pyridine rings is 1. The van der Waals surface area contributed by atoms with Crippen LogP contribution in [0.4, 0.5) is 5.69 Å². The monoisotopic (exact) mass is 269 g/mol. The minimum atomic E-state index is 0.851. The van der Waals surface area contributed by atoms with Crippen LogP contribution >= 0.6 is 0 Å². The summed E-state index contributed by atoms with van der Waals surface area (Å²) in [6.45, 7) is 8.06. The summed E-state index contributed by atoms with van der Waals surface area (Å²) in [5, 5.41) is 3.34. The average molecular weight is 269 g/mol. The zero-order valence-electron chi connectivity index (χ0n) is 12.3. The van der Waals surface area contributed by atoms with Crippen LogP contribution < -0.4 is 10.2 Å². The number of anilines is 1. The molecule has 0 fully saturated rings. The van der Waals surface area contributed by atoms with Crippen LogP contribution in [0.15, 0.2) is 48.7 Å². The maximum Gasteiger partial charge on any atom is 0.0601 e. The summed E-state index contributed by atoms with van der Waals surface area (Å²) in [6, 6.07) is 14.8. The minimum Gasteiger partial charge on any atom is -0.366 e. The maximum absolute atomic E-state index is 4.40. The van der Waals surface area contributed by atoms with Crippen LogP contribution in [0.5, 0.6) is 0 Å². The molecule has 3 nitrogen and oxygen atoms in total. The van der Waals surface area contributed by atoms with Gasteiger partial charge in [-0.1, -0.05) is 25.1 Å². The Hall–Kier alpha value is -1.87. The molecular formula is C17H23N3. The molecule has 1 aromatic carbocycles. The van der Waals surface area contributed by atoms with Gasteiger partial charge < -0.3 is 10.2 Å². The lowest BCUT2D eigenvalue weighted by Crippen LogP contribution is -2.22. The number of hydrogen-bond acceptors (Lipinski definition) is 3. The van der Waals surface area contributed by atoms with E-state index in [1.54, 1.807) is 0 Å². The largest absolute Gasteiger partial charge is 0.366 e. The van der Waals surface area contributed by atoms with Crippen LogP contribution in [0, 0.1) is 0 Å². The van der Waals surface area contributed by atoms with Gasteiger partial charge >= 0.3 is 0 Å². The SMILES string of the molecule is CCNCc1ccc(N(CC)Cc2ccccn2)cc1. The standard InChI is InChI=1S/C17H23N3/c1-3-18-13-15-8-10-17(11-9-15)20(4-2)14-16-7-5-6-12-19-16/h5-12,18H,3-4,13-14H2,1-2H3. The second kappa shape index (κ2) is 7.65. The zero-order valence-corrected chi connectivity index (χ0v) is 12.3. The van der Waals surface area contributed by atoms with Gasteiger partial charge in [-0.15, -0.1) is 0 Å². The van der Waals surface area contributed by atoms with Gasteiger partial charge in [-0.25, -0.2) is 0 Å². The molecule has 3 heteroatoms. The van der Waals surface area contributed by atoms with Crippen molar-refractivity contribution in [2.24, 2.45) is 0 Å². The van der Waals surface area contributed by atoms with E-state index < -0.39 is 0 Å². The van der Waals surface area contributed by atoms with E-state index in [4.69, 9.17) is 0 Å². The molecule has 106 valence electrons. The van der Waals surface area contributed by atoms with Gasteiger partial charge in [-0.3, -0.25) is 4.98 Å². The highest BCUT2D eigenvalue weighted by Gasteiger charge is 2.05. The van der Waals surface area contributed by atoms with E-state index in [0.29, 0.717) is 0 Å². The third-order valence-electron chi connectivity index (χ3n) is 3.34. The first kappa shape index (κ1) is 14.5. The van der Waals surface area contributed by atoms with Crippen molar-refractivity contribution >= 4 is 5.69 Å². The molecule has 0 bridgehead atoms. The van der Waals surface area contributed by atoms with Crippen molar-refractivity contribution in [1.82, 2.24) is 10.3 Å². The first-order chi connectivity index (χ1) is 9.83. The topological polar surface area (TPSA) is 28.2 Å². The molecule has 1 aromatic heterocycles. The Balaban J connectivity index is 2.04. The Morgan fingerprint density at radius 3 is 2.45 bits per heavy atom. The van der Waals surface area contributed by atoms with Gasteiger partial charge in [0.05, 0.1) is 12.2 Å². The van der Waals surface area contributed by atoms with Crippen LogP contribution in [0.2, 0.25) is 0 Å². The van der Waals surface area contributed by atoms with Crippen LogP contribution in [0.3, 0.4) is 0 Å². The van der Waals surface area contributed by atoms with Gasteiger partial charge in [0.25, 0.3) is 0 Å². The van der Waals surface area contributed by atoms with Crippen LogP contribution in [0.25, 0.3) is 0 Å². The van der Waals surface area contributed by atoms with Crippen molar-refractivity contribution in [3.05, 3.63) is 59.9 Å². The van der Waals surface area contributed by atoms with Crippen LogP contribution in [-0.4, -0.2) is 18.1 Å². The maximum atomic E-state index is 4.40. The van der Waals surface area contributed by atoms with Gasteiger partial charge in [-0.2, -0.15) is 0 Å². The smallest absolute Gasteiger partial charge is 0.0601 e. The molecule has 0 spiro atoms. The quantitative estimate of drug-likeness (QED) is 0.836. The predicted molar refractivity (Wildman–Crippen MR) is 84.8 cm³/mol. The highest BCUT2D eigenvalue weighted by atomic mass is 15.1. The lowest BCUT2D eigenvalue weighted by molar-refractivity contribution is 0.726. The molecule has 0 aliphatic carbocycles. The van der Waals surface area contributed by atoms with E-state index in [9.17, 15) is 0 Å². The van der Waals surface area contributed by atoms with Gasteiger partial charge in [-0.05, 0) is 43.3 Å². The summed E-state index contributed by atoms with van der Waals surface area (Å²) in [4.78, 5) is 6.73. The Kier molecular flexibility index (Phi) is 5.56. The van der Waals surface area contributed by atoms with Crippen molar-refractivity contribution in [2.45, 2.75) is 26.9 Å². The molecule has 0 unspecified atom stereocenters. The lowest BCUT2D eigenvalue weighted by Gasteiger charge is -2.23. The van der Waals surface area contributed by atoms with E-state index in [0.717, 1.165) is 31.9 Å². The molecule has 0 saturated carbocycles. The average Bonchev–Trinajstić information content (AvgIpc) is 2.52. The zero-order chi connectivity index (χ0) is 14.2. The fourth-order valence-electron chi connectivity index (χ4n) is 2.17.